The fourth-order valence-electron chi connectivity index (χ4n) is 8.19. The molecule has 0 N–H and O–H groups in total. The normalized spacial score (nSPS) is 12.1. The average molecular weight is 773 g/mol. The molecule has 6 nitrogen and oxygen atoms in total. The van der Waals surface area contributed by atoms with Gasteiger partial charge in [-0.2, -0.15) is 0 Å². The predicted octanol–water partition coefficient (Wildman–Crippen LogP) is 14.9. The van der Waals surface area contributed by atoms with Crippen LogP contribution < -0.4 is 9.34 Å². The Labute approximate surface area is 326 Å². The lowest BCUT2D eigenvalue weighted by Gasteiger charge is -2.14. The summed E-state index contributed by atoms with van der Waals surface area (Å²) in [7, 11) is 1.53. The highest BCUT2D eigenvalue weighted by atomic mass is 31.1. The molecular weight excluding hydrogens is 730 g/mol. The number of nitrogens with zero attached hydrogens (tertiary/aromatic N) is 2. The first-order valence-corrected chi connectivity index (χ1v) is 21.7. The van der Waals surface area contributed by atoms with E-state index in [-0.39, 0.29) is 0 Å². The second kappa shape index (κ2) is 14.9. The molecule has 56 heavy (non-hydrogen) atoms. The van der Waals surface area contributed by atoms with Crippen molar-refractivity contribution in [2.75, 3.05) is 36.5 Å². The summed E-state index contributed by atoms with van der Waals surface area (Å²) in [6.07, 6.45) is 4.30. The summed E-state index contributed by atoms with van der Waals surface area (Å²) in [5.41, 5.74) is 3.49. The third-order valence-corrected chi connectivity index (χ3v) is 14.0. The molecule has 278 valence electrons. The number of unbranched alkanes of at least 4 members (excludes halogenated alkanes) is 3. The van der Waals surface area contributed by atoms with Crippen LogP contribution in [0.1, 0.15) is 25.7 Å². The monoisotopic (exact) mass is 772 g/mol. The number of hydrogen-bond acceptors (Lipinski definition) is 6. The highest BCUT2D eigenvalue weighted by molar-refractivity contribution is 7.39. The van der Waals surface area contributed by atoms with Gasteiger partial charge in [0, 0.05) is 48.7 Å². The van der Waals surface area contributed by atoms with Crippen molar-refractivity contribution in [3.05, 3.63) is 146 Å². The summed E-state index contributed by atoms with van der Waals surface area (Å²) in [4.78, 5) is 0. The third-order valence-electron chi connectivity index (χ3n) is 11.0. The van der Waals surface area contributed by atoms with Crippen LogP contribution in [0.4, 0.5) is 0 Å². The molecule has 10 aromatic rings. The zero-order valence-electron chi connectivity index (χ0n) is 31.5. The summed E-state index contributed by atoms with van der Waals surface area (Å²) < 4.78 is 31.6. The van der Waals surface area contributed by atoms with Gasteiger partial charge in [0.2, 0.25) is 0 Å². The Hall–Kier alpha value is -5.48. The van der Waals surface area contributed by atoms with E-state index in [2.05, 4.69) is 169 Å². The van der Waals surface area contributed by atoms with Crippen LogP contribution in [0.15, 0.2) is 162 Å². The van der Waals surface area contributed by atoms with Crippen LogP contribution >= 0.6 is 16.3 Å². The SMILES string of the molecule is CN(CCCCCCN(C)p1oc2ccc3ccccc3c2c2c(ccc3ccccc32)o1)p1oc2ccc3ccccc3c2c2c(ccc3ccccc32)o1. The van der Waals surface area contributed by atoms with Gasteiger partial charge in [-0.3, -0.25) is 0 Å². The van der Waals surface area contributed by atoms with Gasteiger partial charge in [0.15, 0.2) is 0 Å². The molecule has 0 atom stereocenters. The lowest BCUT2D eigenvalue weighted by molar-refractivity contribution is 0.600. The quantitative estimate of drug-likeness (QED) is 0.136. The molecular formula is C48H42N2O4P2. The zero-order chi connectivity index (χ0) is 37.6. The fraction of sp³-hybridized carbons (Fsp3) is 0.167. The maximum absolute atomic E-state index is 6.78. The van der Waals surface area contributed by atoms with E-state index >= 15 is 0 Å². The Balaban J connectivity index is 0.881. The van der Waals surface area contributed by atoms with Gasteiger partial charge in [0.1, 0.15) is 22.3 Å². The van der Waals surface area contributed by atoms with Crippen LogP contribution in [-0.2, 0) is 0 Å². The molecule has 0 unspecified atom stereocenters. The van der Waals surface area contributed by atoms with Gasteiger partial charge in [-0.05, 0) is 80.2 Å². The molecule has 2 aromatic heterocycles. The van der Waals surface area contributed by atoms with Crippen molar-refractivity contribution in [3.63, 3.8) is 0 Å². The first-order valence-electron chi connectivity index (χ1n) is 19.4. The molecule has 0 spiro atoms. The fourth-order valence-corrected chi connectivity index (χ4v) is 10.7. The topological polar surface area (TPSA) is 59.0 Å². The number of fused-ring (bicyclic) bond motifs is 14. The van der Waals surface area contributed by atoms with Gasteiger partial charge >= 0.3 is 16.3 Å². The van der Waals surface area contributed by atoms with Crippen LogP contribution in [-0.4, -0.2) is 27.2 Å². The van der Waals surface area contributed by atoms with Gasteiger partial charge in [-0.15, -0.1) is 0 Å². The average Bonchev–Trinajstić information content (AvgIpc) is 3.54. The zero-order valence-corrected chi connectivity index (χ0v) is 33.3. The molecule has 10 rings (SSSR count). The Morgan fingerprint density at radius 1 is 0.339 bits per heavy atom. The summed E-state index contributed by atoms with van der Waals surface area (Å²) in [6, 6.07) is 51.3. The minimum atomic E-state index is -1.36. The molecule has 0 aliphatic heterocycles. The van der Waals surface area contributed by atoms with E-state index in [1.165, 1.54) is 43.1 Å². The maximum atomic E-state index is 6.78. The Kier molecular flexibility index (Phi) is 9.29. The molecule has 8 aromatic carbocycles. The molecule has 8 heteroatoms. The van der Waals surface area contributed by atoms with E-state index in [0.29, 0.717) is 0 Å². The van der Waals surface area contributed by atoms with Crippen molar-refractivity contribution in [3.8, 4) is 0 Å². The first kappa shape index (κ1) is 35.0. The van der Waals surface area contributed by atoms with Crippen LogP contribution in [0.3, 0.4) is 0 Å². The van der Waals surface area contributed by atoms with E-state index in [4.69, 9.17) is 16.8 Å². The Morgan fingerprint density at radius 2 is 0.607 bits per heavy atom. The molecule has 0 bridgehead atoms. The highest BCUT2D eigenvalue weighted by Crippen LogP contribution is 2.43. The first-order chi connectivity index (χ1) is 27.6. The van der Waals surface area contributed by atoms with E-state index in [1.54, 1.807) is 0 Å². The molecule has 0 aliphatic carbocycles. The summed E-state index contributed by atoms with van der Waals surface area (Å²) >= 11 is 0. The van der Waals surface area contributed by atoms with Crippen molar-refractivity contribution in [1.29, 1.82) is 0 Å². The molecule has 0 saturated heterocycles. The summed E-state index contributed by atoms with van der Waals surface area (Å²) in [6.45, 7) is 1.75. The van der Waals surface area contributed by atoms with E-state index in [9.17, 15) is 0 Å². The molecule has 0 saturated carbocycles. The standard InChI is InChI=1S/C48H42N2O4P2/c1-49(55-51-41-27-23-33-15-5-9-19-37(33)45(41)46-38-20-10-6-16-34(38)24-28-42(46)52-55)31-13-3-4-14-32-50(2)56-53-43-29-25-35-17-7-11-21-39(35)47(43)48-40-22-12-8-18-36(40)26-30-44(48)54-56/h5-12,15-30H,3-4,13-14,31-32H2,1-2H3. The molecule has 0 amide bonds. The van der Waals surface area contributed by atoms with Crippen molar-refractivity contribution < 1.29 is 16.8 Å². The van der Waals surface area contributed by atoms with Gasteiger partial charge in [0.05, 0.1) is 0 Å². The summed E-state index contributed by atoms with van der Waals surface area (Å²) in [5.74, 6) is 0. The summed E-state index contributed by atoms with van der Waals surface area (Å²) in [5, 5.41) is 13.9. The largest absolute Gasteiger partial charge is 0.408 e. The van der Waals surface area contributed by atoms with Crippen molar-refractivity contribution >= 4 is 103 Å². The van der Waals surface area contributed by atoms with Crippen molar-refractivity contribution in [2.45, 2.75) is 25.7 Å². The van der Waals surface area contributed by atoms with Gasteiger partial charge in [-0.25, -0.2) is 9.34 Å². The maximum Gasteiger partial charge on any atom is 0.309 e. The van der Waals surface area contributed by atoms with Crippen LogP contribution in [0, 0.1) is 0 Å². The van der Waals surface area contributed by atoms with Gasteiger partial charge < -0.3 is 16.8 Å². The number of rotatable bonds is 9. The van der Waals surface area contributed by atoms with E-state index < -0.39 is 16.3 Å². The van der Waals surface area contributed by atoms with Crippen molar-refractivity contribution in [1.82, 2.24) is 0 Å². The number of benzene rings is 8. The Bertz CT molecular complexity index is 2760. The smallest absolute Gasteiger partial charge is 0.309 e. The van der Waals surface area contributed by atoms with Crippen LogP contribution in [0.5, 0.6) is 0 Å². The lowest BCUT2D eigenvalue weighted by Crippen LogP contribution is -2.15. The van der Waals surface area contributed by atoms with Crippen LogP contribution in [0.25, 0.3) is 87.0 Å². The Morgan fingerprint density at radius 3 is 0.893 bits per heavy atom. The lowest BCUT2D eigenvalue weighted by atomic mass is 9.99. The minimum absolute atomic E-state index is 0.872. The second-order valence-corrected chi connectivity index (χ2v) is 17.7. The predicted molar refractivity (Wildman–Crippen MR) is 239 cm³/mol. The van der Waals surface area contributed by atoms with Crippen molar-refractivity contribution in [2.24, 2.45) is 0 Å². The highest BCUT2D eigenvalue weighted by Gasteiger charge is 2.17. The number of hydrogen-bond donors (Lipinski definition) is 0. The minimum Gasteiger partial charge on any atom is -0.408 e. The second-order valence-electron chi connectivity index (χ2n) is 14.7. The molecule has 0 aliphatic rings. The van der Waals surface area contributed by atoms with Gasteiger partial charge in [0.25, 0.3) is 0 Å². The van der Waals surface area contributed by atoms with Gasteiger partial charge in [-0.1, -0.05) is 134 Å². The molecule has 0 radical (unpaired) electrons. The third kappa shape index (κ3) is 6.33. The molecule has 2 heterocycles. The molecule has 0 fully saturated rings. The van der Waals surface area contributed by atoms with E-state index in [0.717, 1.165) is 82.6 Å². The van der Waals surface area contributed by atoms with E-state index in [1.807, 2.05) is 0 Å². The van der Waals surface area contributed by atoms with Crippen LogP contribution in [0.2, 0.25) is 0 Å².